The quantitative estimate of drug-likeness (QED) is 0.189. The van der Waals surface area contributed by atoms with Crippen molar-refractivity contribution in [2.24, 2.45) is 11.8 Å². The van der Waals surface area contributed by atoms with Gasteiger partial charge >= 0.3 is 0 Å². The lowest BCUT2D eigenvalue weighted by molar-refractivity contribution is -0.0963. The molecular weight excluding hydrogens is 516 g/mol. The zero-order chi connectivity index (χ0) is 29.1. The molecule has 0 saturated heterocycles. The summed E-state index contributed by atoms with van der Waals surface area (Å²) in [5.74, 6) is 0.418. The van der Waals surface area contributed by atoms with E-state index in [9.17, 15) is 25.5 Å². The molecule has 0 spiro atoms. The molecule has 224 valence electrons. The van der Waals surface area contributed by atoms with E-state index in [2.05, 4.69) is 0 Å². The minimum atomic E-state index is -0.925. The number of rotatable bonds is 16. The van der Waals surface area contributed by atoms with Crippen LogP contribution in [0.5, 0.6) is 28.7 Å². The van der Waals surface area contributed by atoms with Crippen LogP contribution in [0.25, 0.3) is 0 Å². The zero-order valence-corrected chi connectivity index (χ0v) is 23.9. The first-order chi connectivity index (χ1) is 19.3. The summed E-state index contributed by atoms with van der Waals surface area (Å²) in [7, 11) is 2.88. The highest BCUT2D eigenvalue weighted by atomic mass is 16.6. The number of benzene rings is 2. The third-order valence-corrected chi connectivity index (χ3v) is 8.00. The Kier molecular flexibility index (Phi) is 12.6. The zero-order valence-electron chi connectivity index (χ0n) is 23.9. The lowest BCUT2D eigenvalue weighted by Gasteiger charge is -2.31. The van der Waals surface area contributed by atoms with Crippen molar-refractivity contribution >= 4 is 0 Å². The van der Waals surface area contributed by atoms with Crippen molar-refractivity contribution in [3.8, 4) is 28.7 Å². The Labute approximate surface area is 237 Å². The van der Waals surface area contributed by atoms with Crippen LogP contribution in [0.3, 0.4) is 0 Å². The average Bonchev–Trinajstić information content (AvgIpc) is 2.97. The van der Waals surface area contributed by atoms with Gasteiger partial charge in [-0.05, 0) is 79.8 Å². The van der Waals surface area contributed by atoms with E-state index < -0.39 is 24.9 Å². The molecule has 4 atom stereocenters. The number of aliphatic hydroxyl groups is 3. The van der Waals surface area contributed by atoms with Gasteiger partial charge in [0.2, 0.25) is 5.75 Å². The number of phenols is 2. The number of phenolic OH excluding ortho intramolecular Hbond substituents is 2. The molecular formula is C31H46O9. The molecule has 9 heteroatoms. The molecule has 2 aromatic rings. The Morgan fingerprint density at radius 2 is 1.48 bits per heavy atom. The molecule has 0 heterocycles. The van der Waals surface area contributed by atoms with Gasteiger partial charge in [0.1, 0.15) is 6.79 Å². The van der Waals surface area contributed by atoms with Gasteiger partial charge in [-0.3, -0.25) is 0 Å². The number of aromatic hydroxyl groups is 2. The third-order valence-electron chi connectivity index (χ3n) is 8.00. The van der Waals surface area contributed by atoms with E-state index in [0.29, 0.717) is 18.6 Å². The van der Waals surface area contributed by atoms with E-state index >= 15 is 0 Å². The fourth-order valence-corrected chi connectivity index (χ4v) is 5.60. The van der Waals surface area contributed by atoms with Crippen LogP contribution < -0.4 is 14.2 Å². The van der Waals surface area contributed by atoms with Gasteiger partial charge in [-0.1, -0.05) is 25.8 Å². The molecule has 0 radical (unpaired) electrons. The Morgan fingerprint density at radius 1 is 0.850 bits per heavy atom. The molecule has 40 heavy (non-hydrogen) atoms. The Hall–Kier alpha value is -2.72. The number of ether oxygens (including phenoxy) is 4. The second-order valence-corrected chi connectivity index (χ2v) is 10.7. The maximum Gasteiger partial charge on any atom is 0.200 e. The van der Waals surface area contributed by atoms with Crippen LogP contribution in [0.4, 0.5) is 0 Å². The average molecular weight is 563 g/mol. The van der Waals surface area contributed by atoms with E-state index in [1.807, 2.05) is 19.1 Å². The van der Waals surface area contributed by atoms with Crippen molar-refractivity contribution in [2.75, 3.05) is 27.6 Å². The predicted octanol–water partition coefficient (Wildman–Crippen LogP) is 4.33. The van der Waals surface area contributed by atoms with Crippen LogP contribution in [0, 0.1) is 11.8 Å². The van der Waals surface area contributed by atoms with Gasteiger partial charge in [0.25, 0.3) is 0 Å². The lowest BCUT2D eigenvalue weighted by atomic mass is 9.84. The Bertz CT molecular complexity index is 1010. The topological polar surface area (TPSA) is 138 Å². The van der Waals surface area contributed by atoms with Crippen LogP contribution in [0.15, 0.2) is 30.3 Å². The third kappa shape index (κ3) is 8.64. The SMILES string of the molecule is CCC(Cc1ccc(O)c(OC2CCCCC2)c1)C(CC(O)C(CO)Cc1cc(OC)c(O)c(OC)c1)OCO. The fourth-order valence-electron chi connectivity index (χ4n) is 5.60. The van der Waals surface area contributed by atoms with E-state index in [4.69, 9.17) is 18.9 Å². The second-order valence-electron chi connectivity index (χ2n) is 10.7. The summed E-state index contributed by atoms with van der Waals surface area (Å²) in [6.07, 6.45) is 6.03. The van der Waals surface area contributed by atoms with Crippen LogP contribution >= 0.6 is 0 Å². The summed E-state index contributed by atoms with van der Waals surface area (Å²) >= 11 is 0. The Morgan fingerprint density at radius 3 is 2.05 bits per heavy atom. The molecule has 1 saturated carbocycles. The van der Waals surface area contributed by atoms with Crippen molar-refractivity contribution in [3.63, 3.8) is 0 Å². The molecule has 0 aromatic heterocycles. The molecule has 0 aliphatic heterocycles. The molecule has 4 unspecified atom stereocenters. The summed E-state index contributed by atoms with van der Waals surface area (Å²) in [4.78, 5) is 0. The van der Waals surface area contributed by atoms with E-state index in [0.717, 1.165) is 43.2 Å². The summed E-state index contributed by atoms with van der Waals surface area (Å²) < 4.78 is 22.3. The fraction of sp³-hybridized carbons (Fsp3) is 0.613. The minimum Gasteiger partial charge on any atom is -0.504 e. The van der Waals surface area contributed by atoms with Gasteiger partial charge < -0.3 is 44.5 Å². The highest BCUT2D eigenvalue weighted by Gasteiger charge is 2.29. The first kappa shape index (κ1) is 31.8. The number of aliphatic hydroxyl groups excluding tert-OH is 3. The highest BCUT2D eigenvalue weighted by molar-refractivity contribution is 5.52. The molecule has 5 N–H and O–H groups in total. The molecule has 1 aliphatic carbocycles. The molecule has 3 rings (SSSR count). The highest BCUT2D eigenvalue weighted by Crippen LogP contribution is 2.38. The molecule has 1 fully saturated rings. The molecule has 9 nitrogen and oxygen atoms in total. The summed E-state index contributed by atoms with van der Waals surface area (Å²) in [5, 5.41) is 51.5. The predicted molar refractivity (Wildman–Crippen MR) is 151 cm³/mol. The van der Waals surface area contributed by atoms with Crippen molar-refractivity contribution < 1.29 is 44.5 Å². The standard InChI is InChI=1S/C31H46O9/c1-4-22(12-20-10-11-25(34)28(14-20)40-24-8-6-5-7-9-24)27(39-19-33)17-26(35)23(18-32)13-21-15-29(37-2)31(36)30(16-21)38-3/h10-11,14-16,22-24,26-27,32-36H,4-9,12-13,17-19H2,1-3H3. The monoisotopic (exact) mass is 562 g/mol. The van der Waals surface area contributed by atoms with E-state index in [1.54, 1.807) is 18.2 Å². The number of hydrogen-bond donors (Lipinski definition) is 5. The maximum absolute atomic E-state index is 11.2. The number of methoxy groups -OCH3 is 2. The van der Waals surface area contributed by atoms with Gasteiger partial charge in [-0.25, -0.2) is 0 Å². The van der Waals surface area contributed by atoms with Crippen LogP contribution in [0.2, 0.25) is 0 Å². The largest absolute Gasteiger partial charge is 0.504 e. The minimum absolute atomic E-state index is 0.0397. The first-order valence-corrected chi connectivity index (χ1v) is 14.3. The Balaban J connectivity index is 1.71. The smallest absolute Gasteiger partial charge is 0.200 e. The van der Waals surface area contributed by atoms with Crippen LogP contribution in [-0.2, 0) is 17.6 Å². The maximum atomic E-state index is 11.2. The van der Waals surface area contributed by atoms with Crippen molar-refractivity contribution in [1.82, 2.24) is 0 Å². The van der Waals surface area contributed by atoms with Gasteiger partial charge in [0.15, 0.2) is 23.0 Å². The second kappa shape index (κ2) is 15.9. The normalized spacial score (nSPS) is 17.1. The van der Waals surface area contributed by atoms with Gasteiger partial charge in [0.05, 0.1) is 32.5 Å². The van der Waals surface area contributed by atoms with Crippen molar-refractivity contribution in [2.45, 2.75) is 83.0 Å². The molecule has 2 aromatic carbocycles. The van der Waals surface area contributed by atoms with Crippen molar-refractivity contribution in [3.05, 3.63) is 41.5 Å². The molecule has 1 aliphatic rings. The first-order valence-electron chi connectivity index (χ1n) is 14.3. The van der Waals surface area contributed by atoms with Gasteiger partial charge in [0, 0.05) is 18.9 Å². The van der Waals surface area contributed by atoms with Gasteiger partial charge in [-0.15, -0.1) is 0 Å². The van der Waals surface area contributed by atoms with E-state index in [-0.39, 0.29) is 48.0 Å². The summed E-state index contributed by atoms with van der Waals surface area (Å²) in [6, 6.07) is 8.70. The van der Waals surface area contributed by atoms with Crippen LogP contribution in [-0.4, -0.2) is 71.5 Å². The molecule has 0 amide bonds. The van der Waals surface area contributed by atoms with E-state index in [1.165, 1.54) is 20.6 Å². The molecule has 0 bridgehead atoms. The van der Waals surface area contributed by atoms with Crippen LogP contribution in [0.1, 0.15) is 63.0 Å². The summed E-state index contributed by atoms with van der Waals surface area (Å²) in [5.41, 5.74) is 1.70. The van der Waals surface area contributed by atoms with Crippen molar-refractivity contribution in [1.29, 1.82) is 0 Å². The number of hydrogen-bond acceptors (Lipinski definition) is 9. The lowest BCUT2D eigenvalue weighted by Crippen LogP contribution is -2.35. The summed E-state index contributed by atoms with van der Waals surface area (Å²) in [6.45, 7) is 1.27. The van der Waals surface area contributed by atoms with Gasteiger partial charge in [-0.2, -0.15) is 0 Å².